The summed E-state index contributed by atoms with van der Waals surface area (Å²) in [5.41, 5.74) is 11.0. The second-order valence-electron chi connectivity index (χ2n) is 32.0. The summed E-state index contributed by atoms with van der Waals surface area (Å²) < 4.78 is 180. The minimum Gasteiger partial charge on any atom is -0.387 e. The average Bonchev–Trinajstić information content (AvgIpc) is 1.64. The summed E-state index contributed by atoms with van der Waals surface area (Å²) in [6, 6.07) is 0. The number of thiol groups is 1. The highest BCUT2D eigenvalue weighted by atomic mass is 32.7. The number of aryl methyl sites for hydroxylation is 6. The number of hydrogen-bond donors (Lipinski definition) is 12. The number of nitrogens with zero attached hydrogens (tertiary/aromatic N) is 9. The molecule has 0 spiro atoms. The molecule has 6 fully saturated rings. The number of ether oxygens (including phenoxy) is 14. The molecule has 0 aromatic carbocycles. The van der Waals surface area contributed by atoms with Crippen molar-refractivity contribution in [2.75, 3.05) is 132 Å². The van der Waals surface area contributed by atoms with Gasteiger partial charge >= 0.3 is 68.9 Å². The van der Waals surface area contributed by atoms with Gasteiger partial charge in [0.15, 0.2) is 24.9 Å². The predicted molar refractivity (Wildman–Crippen MR) is 487 cm³/mol. The fourth-order valence-electron chi connectivity index (χ4n) is 15.4. The van der Waals surface area contributed by atoms with E-state index in [0.29, 0.717) is 5.56 Å². The molecule has 14 N–H and O–H groups in total. The zero-order chi connectivity index (χ0) is 99.8. The lowest BCUT2D eigenvalue weighted by Crippen LogP contribution is -2.42. The van der Waals surface area contributed by atoms with E-state index in [9.17, 15) is 67.8 Å². The van der Waals surface area contributed by atoms with Gasteiger partial charge in [0.05, 0.1) is 98.1 Å². The number of nitrogen functional groups attached to an aromatic ring is 3. The number of H-pyrrole nitrogens is 3. The summed E-state index contributed by atoms with van der Waals surface area (Å²) in [4.78, 5) is 187. The average molecular weight is 2120 g/mol. The van der Waals surface area contributed by atoms with Gasteiger partial charge in [-0.3, -0.25) is 83.9 Å². The Bertz CT molecular complexity index is 6100. The number of aliphatic hydroxyl groups is 1. The highest BCUT2D eigenvalue weighted by Gasteiger charge is 2.57. The first-order valence-corrected chi connectivity index (χ1v) is 54.0. The summed E-state index contributed by atoms with van der Waals surface area (Å²) in [5.74, 6) is -0.486. The summed E-state index contributed by atoms with van der Waals surface area (Å²) in [6.07, 6.45) is -27.4. The molecule has 6 aromatic heterocycles. The normalized spacial score (nSPS) is 29.5. The molecule has 0 bridgehead atoms. The number of nitrogens with two attached hydrogens (primary N) is 3. The zero-order valence-corrected chi connectivity index (χ0v) is 83.0. The molecule has 6 aromatic rings. The van der Waals surface area contributed by atoms with E-state index >= 15 is 9.13 Å². The number of aliphatic hydroxyl groups excluding tert-OH is 1. The molecule has 27 atom stereocenters. The minimum atomic E-state index is -5.88. The van der Waals surface area contributed by atoms with E-state index < -0.39 is 260 Å². The topological polar surface area (TPSA) is 704 Å². The number of anilines is 3. The van der Waals surface area contributed by atoms with E-state index in [4.69, 9.17) is 164 Å². The third kappa shape index (κ3) is 27.2. The van der Waals surface area contributed by atoms with Gasteiger partial charge in [-0.25, -0.2) is 37.9 Å². The Labute approximate surface area is 797 Å². The molecular formula is C73H108N15O40P5S4. The van der Waals surface area contributed by atoms with Crippen LogP contribution < -0.4 is 68.0 Å². The standard InChI is InChI=1S/C73H108N15O40P5S4/c1-12-40-41(21-48(118-40)83-26-37(5)61(90)80-71(83)96)124-130(101,134)114-29-43-42(22-49(119-43)84-27-38(6)62(91)81-72(84)97)125-131(102,135)116-32-46-51(55(110-18-14-106-9)65(122-46)86-24-35(3)59(75)78-69(86)94)126-129(99,100)113-31-45-52(56(111-19-15-107-10)67(121-45)88-28-39(7)63(92)82-73(88)98)127-133(104,137)117-33-47-53(57(112-20-16-108-11)66(123-47)87-25-36(4)60(76)79-70(87)95)128-132(103,136)115-30-44-50(89)54(109-17-13-105-8)64(120-44)85-23-34(2)58(74)77-68(85)93/h23-28,40-57,64-67,89H,12-22,29-33H2,1-11H3,(H,99,100)(H,101,134)(H,102,135)(H,103,136)(H,104,137)(H2,74,77,93)(H2,75,78,94)(H2,76,79,95)(H,80,90,96)(H,81,91,97)(H,82,92,98)/t40-,41?,42?,43-,44-,45-,46-,47-,48-,49-,50?,51?,52?,53?,54+,55+,56+,57+,64-,65-,66-,67-,130?,131?,132?,133?/m1/s1. The first-order chi connectivity index (χ1) is 64.7. The van der Waals surface area contributed by atoms with Gasteiger partial charge < -0.3 is 126 Å². The fourth-order valence-corrected chi connectivity index (χ4v) is 22.2. The van der Waals surface area contributed by atoms with Crippen molar-refractivity contribution in [1.29, 1.82) is 0 Å². The smallest absolute Gasteiger partial charge is 0.387 e. The van der Waals surface area contributed by atoms with Crippen LogP contribution in [-0.2, 0) is 156 Å². The van der Waals surface area contributed by atoms with Crippen molar-refractivity contribution in [3.63, 3.8) is 0 Å². The summed E-state index contributed by atoms with van der Waals surface area (Å²) >= 11 is 21.2. The molecule has 12 heterocycles. The van der Waals surface area contributed by atoms with E-state index in [1.807, 2.05) is 0 Å². The maximum atomic E-state index is 15.3. The minimum absolute atomic E-state index is 0.0369. The number of aromatic amines is 3. The van der Waals surface area contributed by atoms with Gasteiger partial charge in [0.2, 0.25) is 0 Å². The number of phosphoric ester groups is 1. The lowest BCUT2D eigenvalue weighted by atomic mass is 10.1. The van der Waals surface area contributed by atoms with Gasteiger partial charge in [0.25, 0.3) is 16.7 Å². The van der Waals surface area contributed by atoms with Crippen molar-refractivity contribution in [3.8, 4) is 0 Å². The molecule has 0 aliphatic carbocycles. The van der Waals surface area contributed by atoms with Crippen LogP contribution >= 0.6 is 47.0 Å². The molecular weight excluding hydrogens is 2010 g/mol. The molecule has 11 unspecified atom stereocenters. The summed E-state index contributed by atoms with van der Waals surface area (Å²) in [5, 5.41) is 11.8. The van der Waals surface area contributed by atoms with Gasteiger partial charge in [-0.1, -0.05) is 19.2 Å². The molecule has 0 saturated carbocycles. The summed E-state index contributed by atoms with van der Waals surface area (Å²) in [7, 11) is -0.527. The second kappa shape index (κ2) is 47.0. The van der Waals surface area contributed by atoms with Crippen LogP contribution in [0.3, 0.4) is 0 Å². The molecule has 6 aliphatic rings. The van der Waals surface area contributed by atoms with Crippen molar-refractivity contribution >= 4 is 99.9 Å². The fraction of sp³-hybridized carbons (Fsp3) is 0.671. The number of methoxy groups -OCH3 is 4. The Balaban J connectivity index is 0.824. The zero-order valence-electron chi connectivity index (χ0n) is 75.2. The van der Waals surface area contributed by atoms with Crippen molar-refractivity contribution < 1.29 is 145 Å². The van der Waals surface area contributed by atoms with Crippen LogP contribution in [0.25, 0.3) is 0 Å². The molecule has 764 valence electrons. The Morgan fingerprint density at radius 2 is 0.701 bits per heavy atom. The quantitative estimate of drug-likeness (QED) is 0.0122. The largest absolute Gasteiger partial charge is 0.472 e. The molecule has 0 radical (unpaired) electrons. The van der Waals surface area contributed by atoms with Crippen LogP contribution in [0.2, 0.25) is 0 Å². The van der Waals surface area contributed by atoms with E-state index in [0.717, 1.165) is 33.6 Å². The van der Waals surface area contributed by atoms with Gasteiger partial charge in [-0.05, 0) is 83.4 Å². The number of phosphoric acid groups is 1. The molecule has 6 saturated heterocycles. The van der Waals surface area contributed by atoms with Crippen LogP contribution in [0.15, 0.2) is 80.3 Å². The lowest BCUT2D eigenvalue weighted by Gasteiger charge is -2.30. The van der Waals surface area contributed by atoms with Gasteiger partial charge in [0.1, 0.15) is 115 Å². The molecule has 55 nitrogen and oxygen atoms in total. The highest BCUT2D eigenvalue weighted by Crippen LogP contribution is 2.60. The van der Waals surface area contributed by atoms with Crippen molar-refractivity contribution in [1.82, 2.24) is 57.3 Å². The number of rotatable bonds is 48. The van der Waals surface area contributed by atoms with E-state index in [2.05, 4.69) is 42.2 Å². The number of nitrogens with one attached hydrogen (secondary N) is 3. The van der Waals surface area contributed by atoms with Crippen molar-refractivity contribution in [2.45, 2.75) is 203 Å². The van der Waals surface area contributed by atoms with Crippen LogP contribution in [0.5, 0.6) is 0 Å². The van der Waals surface area contributed by atoms with E-state index in [1.54, 1.807) is 13.8 Å². The van der Waals surface area contributed by atoms with Gasteiger partial charge in [-0.2, -0.15) is 15.0 Å². The molecule has 6 aliphatic heterocycles. The lowest BCUT2D eigenvalue weighted by molar-refractivity contribution is -0.0848. The number of aromatic nitrogens is 12. The third-order valence-corrected chi connectivity index (χ3v) is 29.6. The first kappa shape index (κ1) is 109. The second-order valence-corrected chi connectivity index (χ2v) is 44.6. The molecule has 64 heteroatoms. The Morgan fingerprint density at radius 1 is 0.394 bits per heavy atom. The van der Waals surface area contributed by atoms with Crippen LogP contribution in [0.1, 0.15) is 96.9 Å². The maximum absolute atomic E-state index is 15.3. The Kier molecular flexibility index (Phi) is 37.6. The first-order valence-electron chi connectivity index (χ1n) is 42.0. The molecule has 137 heavy (non-hydrogen) atoms. The highest BCUT2D eigenvalue weighted by molar-refractivity contribution is 8.44. The Morgan fingerprint density at radius 3 is 1.10 bits per heavy atom. The molecule has 0 amide bonds. The van der Waals surface area contributed by atoms with Gasteiger partial charge in [0, 0.05) is 112 Å². The predicted octanol–water partition coefficient (Wildman–Crippen LogP) is -1.14. The van der Waals surface area contributed by atoms with Crippen molar-refractivity contribution in [2.24, 2.45) is 0 Å². The van der Waals surface area contributed by atoms with Crippen LogP contribution in [0, 0.1) is 41.5 Å². The van der Waals surface area contributed by atoms with Crippen LogP contribution in [0.4, 0.5) is 17.5 Å². The third-order valence-electron chi connectivity index (χ3n) is 22.3. The number of hydrogen-bond acceptors (Lipinski definition) is 45. The summed E-state index contributed by atoms with van der Waals surface area (Å²) in [6.45, 7) is -15.2. The monoisotopic (exact) mass is 2120 g/mol. The van der Waals surface area contributed by atoms with E-state index in [1.165, 1.54) is 94.0 Å². The Hall–Kier alpha value is -6.32. The van der Waals surface area contributed by atoms with Crippen molar-refractivity contribution in [3.05, 3.63) is 165 Å². The van der Waals surface area contributed by atoms with Gasteiger partial charge in [-0.15, -0.1) is 0 Å². The van der Waals surface area contributed by atoms with Crippen LogP contribution in [-0.4, -0.2) is 294 Å². The van der Waals surface area contributed by atoms with E-state index in [-0.39, 0.29) is 111 Å². The molecule has 12 rings (SSSR count). The maximum Gasteiger partial charge on any atom is 0.472 e. The SMILES string of the molecule is CC[C@H]1O[C@@H](n2cc(C)c(=O)[nH]c2=O)CC1OP(O)(=S)OC[C@H]1O[C@@H](n2cc(C)c(=O)[nH]c2=O)CC1OP(=O)(S)OC[C@H]1O[C@@H](n2cc(C)c(N)nc2=O)[C@@H](OCCOC)C1OP(=O)(O)OC[C@H]1O[C@@H](n2cc(C)c(=O)[nH]c2=O)[C@@H](OCCOC)C1OP(O)(=S)OC[C@H]1O[C@@H](n2cc(C)c(N)nc2=O)[C@@H](OCCOC)C1OP(O)(=S)OC[C@H]1O[C@@H](n2cc(C)c(N)nc2=O)[C@@H](OCCOC)C1O.